The molecule has 1 amide bonds. The summed E-state index contributed by atoms with van der Waals surface area (Å²) in [4.78, 5) is 21.0. The van der Waals surface area contributed by atoms with Crippen molar-refractivity contribution in [2.24, 2.45) is 0 Å². The largest absolute Gasteiger partial charge is 0.496 e. The van der Waals surface area contributed by atoms with Gasteiger partial charge in [0, 0.05) is 18.5 Å². The maximum absolute atomic E-state index is 12.3. The fourth-order valence-electron chi connectivity index (χ4n) is 3.07. The summed E-state index contributed by atoms with van der Waals surface area (Å²) >= 11 is 3.51. The summed E-state index contributed by atoms with van der Waals surface area (Å²) in [6.45, 7) is 0. The lowest BCUT2D eigenvalue weighted by atomic mass is 9.90. The van der Waals surface area contributed by atoms with Crippen molar-refractivity contribution in [1.82, 2.24) is 14.5 Å². The Morgan fingerprint density at radius 1 is 1.36 bits per heavy atom. The monoisotopic (exact) mass is 398 g/mol. The summed E-state index contributed by atoms with van der Waals surface area (Å²) in [6, 6.07) is 9.62. The van der Waals surface area contributed by atoms with Gasteiger partial charge in [-0.15, -0.1) is 0 Å². The molecule has 0 spiro atoms. The van der Waals surface area contributed by atoms with Crippen LogP contribution in [0.1, 0.15) is 23.6 Å². The van der Waals surface area contributed by atoms with Gasteiger partial charge in [0.05, 0.1) is 29.2 Å². The van der Waals surface area contributed by atoms with Gasteiger partial charge in [-0.05, 0) is 45.8 Å². The number of anilines is 1. The molecule has 2 aromatic heterocycles. The van der Waals surface area contributed by atoms with Crippen molar-refractivity contribution in [3.8, 4) is 11.4 Å². The lowest BCUT2D eigenvalue weighted by Crippen LogP contribution is -2.25. The molecule has 4 rings (SSSR count). The Labute approximate surface area is 153 Å². The number of amides is 1. The van der Waals surface area contributed by atoms with Crippen molar-refractivity contribution >= 4 is 27.7 Å². The highest BCUT2D eigenvalue weighted by molar-refractivity contribution is 9.10. The molecule has 0 radical (unpaired) electrons. The zero-order valence-corrected chi connectivity index (χ0v) is 15.0. The average molecular weight is 399 g/mol. The van der Waals surface area contributed by atoms with Crippen LogP contribution in [-0.4, -0.2) is 27.6 Å². The molecule has 0 bridgehead atoms. The zero-order valence-electron chi connectivity index (χ0n) is 13.4. The van der Waals surface area contributed by atoms with Crippen molar-refractivity contribution in [3.63, 3.8) is 0 Å². The van der Waals surface area contributed by atoms with E-state index in [0.717, 1.165) is 27.2 Å². The third-order valence-electron chi connectivity index (χ3n) is 4.28. The molecule has 7 heteroatoms. The van der Waals surface area contributed by atoms with Gasteiger partial charge in [-0.25, -0.2) is 4.98 Å². The number of benzene rings is 1. The van der Waals surface area contributed by atoms with Crippen molar-refractivity contribution < 1.29 is 9.53 Å². The van der Waals surface area contributed by atoms with Crippen LogP contribution in [0.2, 0.25) is 0 Å². The van der Waals surface area contributed by atoms with Gasteiger partial charge in [0.2, 0.25) is 5.91 Å². The molecule has 3 aromatic rings. The minimum Gasteiger partial charge on any atom is -0.496 e. The SMILES string of the molecule is COc1ccc(C2CC(=O)Nc3c2ncn3-c2cccnc2)cc1Br. The van der Waals surface area contributed by atoms with Crippen LogP contribution < -0.4 is 10.1 Å². The van der Waals surface area contributed by atoms with Crippen molar-refractivity contribution in [2.45, 2.75) is 12.3 Å². The van der Waals surface area contributed by atoms with E-state index in [1.807, 2.05) is 34.9 Å². The summed E-state index contributed by atoms with van der Waals surface area (Å²) in [6.07, 6.45) is 5.53. The summed E-state index contributed by atoms with van der Waals surface area (Å²) in [7, 11) is 1.63. The molecule has 1 atom stereocenters. The van der Waals surface area contributed by atoms with E-state index >= 15 is 0 Å². The number of nitrogens with one attached hydrogen (secondary N) is 1. The highest BCUT2D eigenvalue weighted by Gasteiger charge is 2.31. The Balaban J connectivity index is 1.80. The lowest BCUT2D eigenvalue weighted by Gasteiger charge is -2.23. The molecule has 1 aliphatic heterocycles. The molecular formula is C18H15BrN4O2. The second-order valence-electron chi connectivity index (χ2n) is 5.76. The van der Waals surface area contributed by atoms with E-state index in [1.165, 1.54) is 0 Å². The van der Waals surface area contributed by atoms with Crippen LogP contribution in [0.4, 0.5) is 5.82 Å². The molecule has 3 heterocycles. The van der Waals surface area contributed by atoms with E-state index < -0.39 is 0 Å². The number of methoxy groups -OCH3 is 1. The van der Waals surface area contributed by atoms with Gasteiger partial charge in [-0.2, -0.15) is 0 Å². The topological polar surface area (TPSA) is 69.0 Å². The Morgan fingerprint density at radius 3 is 2.96 bits per heavy atom. The van der Waals surface area contributed by atoms with E-state index in [9.17, 15) is 4.79 Å². The van der Waals surface area contributed by atoms with Gasteiger partial charge in [0.15, 0.2) is 0 Å². The number of aromatic nitrogens is 3. The second-order valence-corrected chi connectivity index (χ2v) is 6.61. The summed E-state index contributed by atoms with van der Waals surface area (Å²) in [5.74, 6) is 1.31. The molecule has 1 aromatic carbocycles. The van der Waals surface area contributed by atoms with Gasteiger partial charge in [-0.3, -0.25) is 14.3 Å². The minimum absolute atomic E-state index is 0.0323. The van der Waals surface area contributed by atoms with Crippen LogP contribution in [0.3, 0.4) is 0 Å². The molecule has 6 nitrogen and oxygen atoms in total. The molecule has 0 aliphatic carbocycles. The number of fused-ring (bicyclic) bond motifs is 1. The first-order chi connectivity index (χ1) is 12.2. The van der Waals surface area contributed by atoms with E-state index in [1.54, 1.807) is 25.8 Å². The van der Waals surface area contributed by atoms with Gasteiger partial charge < -0.3 is 10.1 Å². The molecule has 1 N–H and O–H groups in total. The second kappa shape index (κ2) is 6.33. The molecular weight excluding hydrogens is 384 g/mol. The number of carbonyl (C=O) groups is 1. The third kappa shape index (κ3) is 2.80. The zero-order chi connectivity index (χ0) is 17.4. The number of hydrogen-bond acceptors (Lipinski definition) is 4. The van der Waals surface area contributed by atoms with Crippen LogP contribution in [-0.2, 0) is 4.79 Å². The van der Waals surface area contributed by atoms with Crippen molar-refractivity contribution in [1.29, 1.82) is 0 Å². The first-order valence-corrected chi connectivity index (χ1v) is 8.57. The predicted octanol–water partition coefficient (Wildman–Crippen LogP) is 3.51. The predicted molar refractivity (Wildman–Crippen MR) is 97.1 cm³/mol. The average Bonchev–Trinajstić information content (AvgIpc) is 3.05. The van der Waals surface area contributed by atoms with E-state index in [-0.39, 0.29) is 11.8 Å². The third-order valence-corrected chi connectivity index (χ3v) is 4.90. The Morgan fingerprint density at radius 2 is 2.24 bits per heavy atom. The van der Waals surface area contributed by atoms with E-state index in [2.05, 4.69) is 31.2 Å². The van der Waals surface area contributed by atoms with Crippen LogP contribution in [0.25, 0.3) is 5.69 Å². The number of rotatable bonds is 3. The van der Waals surface area contributed by atoms with Gasteiger partial charge >= 0.3 is 0 Å². The maximum atomic E-state index is 12.3. The maximum Gasteiger partial charge on any atom is 0.226 e. The fourth-order valence-corrected chi connectivity index (χ4v) is 3.63. The number of ether oxygens (including phenoxy) is 1. The van der Waals surface area contributed by atoms with Gasteiger partial charge in [-0.1, -0.05) is 6.07 Å². The highest BCUT2D eigenvalue weighted by atomic mass is 79.9. The lowest BCUT2D eigenvalue weighted by molar-refractivity contribution is -0.116. The molecule has 0 saturated heterocycles. The number of halogens is 1. The number of pyridine rings is 1. The normalized spacial score (nSPS) is 16.2. The van der Waals surface area contributed by atoms with E-state index in [0.29, 0.717) is 12.2 Å². The number of imidazole rings is 1. The molecule has 1 unspecified atom stereocenters. The molecule has 126 valence electrons. The molecule has 25 heavy (non-hydrogen) atoms. The number of nitrogens with zero attached hydrogens (tertiary/aromatic N) is 3. The smallest absolute Gasteiger partial charge is 0.226 e. The van der Waals surface area contributed by atoms with E-state index in [4.69, 9.17) is 4.74 Å². The first kappa shape index (κ1) is 15.8. The minimum atomic E-state index is -0.108. The fraction of sp³-hybridized carbons (Fsp3) is 0.167. The van der Waals surface area contributed by atoms with Crippen LogP contribution in [0.5, 0.6) is 5.75 Å². The number of hydrogen-bond donors (Lipinski definition) is 1. The number of carbonyl (C=O) groups excluding carboxylic acids is 1. The van der Waals surface area contributed by atoms with Crippen molar-refractivity contribution in [2.75, 3.05) is 12.4 Å². The Kier molecular flexibility index (Phi) is 4.01. The van der Waals surface area contributed by atoms with Crippen LogP contribution in [0, 0.1) is 0 Å². The van der Waals surface area contributed by atoms with Gasteiger partial charge in [0.25, 0.3) is 0 Å². The quantitative estimate of drug-likeness (QED) is 0.732. The first-order valence-electron chi connectivity index (χ1n) is 7.78. The molecule has 0 fully saturated rings. The van der Waals surface area contributed by atoms with Crippen LogP contribution in [0.15, 0.2) is 53.5 Å². The Bertz CT molecular complexity index is 940. The summed E-state index contributed by atoms with van der Waals surface area (Å²) < 4.78 is 7.99. The van der Waals surface area contributed by atoms with Crippen LogP contribution >= 0.6 is 15.9 Å². The summed E-state index contributed by atoms with van der Waals surface area (Å²) in [5.41, 5.74) is 2.72. The molecule has 0 saturated carbocycles. The summed E-state index contributed by atoms with van der Waals surface area (Å²) in [5, 5.41) is 2.94. The highest BCUT2D eigenvalue weighted by Crippen LogP contribution is 2.39. The molecule has 1 aliphatic rings. The van der Waals surface area contributed by atoms with Crippen molar-refractivity contribution in [3.05, 3.63) is 64.8 Å². The van der Waals surface area contributed by atoms with Gasteiger partial charge in [0.1, 0.15) is 17.9 Å². The Hall–Kier alpha value is -2.67. The standard InChI is InChI=1S/C18H15BrN4O2/c1-25-15-5-4-11(7-14(15)19)13-8-16(24)22-18-17(13)21-10-23(18)12-3-2-6-20-9-12/h2-7,9-10,13H,8H2,1H3,(H,22,24).